The van der Waals surface area contributed by atoms with Gasteiger partial charge in [-0.15, -0.1) is 0 Å². The molecular weight excluding hydrogens is 328 g/mol. The standard InChI is InChI=1S/C18H19ClN2OS/c1-12(13-10-20-11-13)18(22)21-14-7-8-17(16(19)9-14)23-15-5-3-2-4-6-15/h2-9,12-13,20H,10-11H2,1H3,(H,21,22). The summed E-state index contributed by atoms with van der Waals surface area (Å²) in [4.78, 5) is 14.4. The van der Waals surface area contributed by atoms with E-state index in [1.165, 1.54) is 0 Å². The monoisotopic (exact) mass is 346 g/mol. The van der Waals surface area contributed by atoms with E-state index >= 15 is 0 Å². The Balaban J connectivity index is 1.65. The summed E-state index contributed by atoms with van der Waals surface area (Å²) in [5, 5.41) is 6.81. The third-order valence-corrected chi connectivity index (χ3v) is 5.61. The Morgan fingerprint density at radius 1 is 1.26 bits per heavy atom. The van der Waals surface area contributed by atoms with E-state index in [9.17, 15) is 4.79 Å². The molecule has 0 aromatic heterocycles. The predicted octanol–water partition coefficient (Wildman–Crippen LogP) is 4.29. The van der Waals surface area contributed by atoms with Crippen LogP contribution in [-0.4, -0.2) is 19.0 Å². The van der Waals surface area contributed by atoms with Gasteiger partial charge in [-0.1, -0.05) is 48.5 Å². The highest BCUT2D eigenvalue weighted by Crippen LogP contribution is 2.34. The summed E-state index contributed by atoms with van der Waals surface area (Å²) in [7, 11) is 0. The van der Waals surface area contributed by atoms with Crippen molar-refractivity contribution in [3.8, 4) is 0 Å². The number of halogens is 1. The summed E-state index contributed by atoms with van der Waals surface area (Å²) in [6.07, 6.45) is 0. The molecule has 1 amide bonds. The second-order valence-corrected chi connectivity index (χ2v) is 7.28. The van der Waals surface area contributed by atoms with Crippen LogP contribution in [0.2, 0.25) is 5.02 Å². The van der Waals surface area contributed by atoms with Gasteiger partial charge < -0.3 is 10.6 Å². The van der Waals surface area contributed by atoms with Crippen LogP contribution in [0.25, 0.3) is 0 Å². The minimum atomic E-state index is 0.00777. The molecule has 2 N–H and O–H groups in total. The zero-order valence-electron chi connectivity index (χ0n) is 12.9. The number of carbonyl (C=O) groups excluding carboxylic acids is 1. The summed E-state index contributed by atoms with van der Waals surface area (Å²) >= 11 is 7.97. The van der Waals surface area contributed by atoms with Crippen LogP contribution in [0.4, 0.5) is 5.69 Å². The molecule has 1 aliphatic rings. The number of benzene rings is 2. The van der Waals surface area contributed by atoms with Gasteiger partial charge >= 0.3 is 0 Å². The maximum Gasteiger partial charge on any atom is 0.227 e. The number of rotatable bonds is 5. The highest BCUT2D eigenvalue weighted by Gasteiger charge is 2.28. The Kier molecular flexibility index (Phi) is 5.26. The van der Waals surface area contributed by atoms with Crippen LogP contribution < -0.4 is 10.6 Å². The van der Waals surface area contributed by atoms with Gasteiger partial charge in [0.25, 0.3) is 0 Å². The molecule has 1 heterocycles. The minimum Gasteiger partial charge on any atom is -0.326 e. The van der Waals surface area contributed by atoms with Crippen molar-refractivity contribution in [2.75, 3.05) is 18.4 Å². The normalized spacial score (nSPS) is 15.7. The quantitative estimate of drug-likeness (QED) is 0.848. The molecule has 0 bridgehead atoms. The summed E-state index contributed by atoms with van der Waals surface area (Å²) in [5.74, 6) is 0.489. The van der Waals surface area contributed by atoms with E-state index in [0.717, 1.165) is 28.6 Å². The summed E-state index contributed by atoms with van der Waals surface area (Å²) in [6.45, 7) is 3.81. The molecule has 0 aliphatic carbocycles. The molecule has 1 aliphatic heterocycles. The second kappa shape index (κ2) is 7.39. The van der Waals surface area contributed by atoms with Gasteiger partial charge in [-0.05, 0) is 49.3 Å². The number of hydrogen-bond acceptors (Lipinski definition) is 3. The average molecular weight is 347 g/mol. The Bertz CT molecular complexity index is 689. The Hall–Kier alpha value is -1.49. The van der Waals surface area contributed by atoms with E-state index in [0.29, 0.717) is 10.9 Å². The van der Waals surface area contributed by atoms with E-state index in [1.54, 1.807) is 11.8 Å². The molecule has 120 valence electrons. The van der Waals surface area contributed by atoms with Crippen LogP contribution >= 0.6 is 23.4 Å². The lowest BCUT2D eigenvalue weighted by Gasteiger charge is -2.31. The molecule has 1 unspecified atom stereocenters. The van der Waals surface area contributed by atoms with Gasteiger partial charge in [-0.25, -0.2) is 0 Å². The van der Waals surface area contributed by atoms with Crippen molar-refractivity contribution in [3.63, 3.8) is 0 Å². The molecule has 23 heavy (non-hydrogen) atoms. The fraction of sp³-hybridized carbons (Fsp3) is 0.278. The van der Waals surface area contributed by atoms with Crippen LogP contribution in [-0.2, 0) is 4.79 Å². The third kappa shape index (κ3) is 4.08. The van der Waals surface area contributed by atoms with Gasteiger partial charge in [0.2, 0.25) is 5.91 Å². The van der Waals surface area contributed by atoms with Crippen molar-refractivity contribution < 1.29 is 4.79 Å². The molecule has 0 spiro atoms. The van der Waals surface area contributed by atoms with Gasteiger partial charge in [-0.3, -0.25) is 4.79 Å². The summed E-state index contributed by atoms with van der Waals surface area (Å²) < 4.78 is 0. The topological polar surface area (TPSA) is 41.1 Å². The van der Waals surface area contributed by atoms with Crippen molar-refractivity contribution in [1.82, 2.24) is 5.32 Å². The molecule has 1 atom stereocenters. The minimum absolute atomic E-state index is 0.00777. The van der Waals surface area contributed by atoms with E-state index in [1.807, 2.05) is 55.5 Å². The molecule has 0 radical (unpaired) electrons. The second-order valence-electron chi connectivity index (χ2n) is 5.76. The van der Waals surface area contributed by atoms with Crippen LogP contribution in [0.15, 0.2) is 58.3 Å². The van der Waals surface area contributed by atoms with Crippen molar-refractivity contribution >= 4 is 35.0 Å². The highest BCUT2D eigenvalue weighted by molar-refractivity contribution is 7.99. The highest BCUT2D eigenvalue weighted by atomic mass is 35.5. The van der Waals surface area contributed by atoms with Crippen LogP contribution in [0.1, 0.15) is 6.92 Å². The third-order valence-electron chi connectivity index (χ3n) is 4.10. The lowest BCUT2D eigenvalue weighted by Crippen LogP contribution is -2.48. The number of nitrogens with one attached hydrogen (secondary N) is 2. The van der Waals surface area contributed by atoms with Crippen LogP contribution in [0.3, 0.4) is 0 Å². The molecular formula is C18H19ClN2OS. The Morgan fingerprint density at radius 3 is 2.61 bits per heavy atom. The molecule has 1 fully saturated rings. The first-order valence-corrected chi connectivity index (χ1v) is 8.87. The molecule has 5 heteroatoms. The maximum absolute atomic E-state index is 12.2. The molecule has 0 saturated carbocycles. The summed E-state index contributed by atoms with van der Waals surface area (Å²) in [5.41, 5.74) is 0.747. The number of hydrogen-bond donors (Lipinski definition) is 2. The number of anilines is 1. The first-order valence-electron chi connectivity index (χ1n) is 7.67. The van der Waals surface area contributed by atoms with E-state index in [4.69, 9.17) is 11.6 Å². The predicted molar refractivity (Wildman–Crippen MR) is 96.2 cm³/mol. The van der Waals surface area contributed by atoms with Crippen molar-refractivity contribution in [1.29, 1.82) is 0 Å². The fourth-order valence-electron chi connectivity index (χ4n) is 2.41. The van der Waals surface area contributed by atoms with Crippen LogP contribution in [0, 0.1) is 11.8 Å². The van der Waals surface area contributed by atoms with E-state index in [-0.39, 0.29) is 11.8 Å². The largest absolute Gasteiger partial charge is 0.326 e. The lowest BCUT2D eigenvalue weighted by atomic mass is 9.88. The Labute approximate surface area is 145 Å². The Morgan fingerprint density at radius 2 is 2.00 bits per heavy atom. The van der Waals surface area contributed by atoms with Gasteiger partial charge in [0, 0.05) is 21.4 Å². The molecule has 3 rings (SSSR count). The average Bonchev–Trinajstić information content (AvgIpc) is 2.49. The van der Waals surface area contributed by atoms with E-state index < -0.39 is 0 Å². The lowest BCUT2D eigenvalue weighted by molar-refractivity contribution is -0.121. The van der Waals surface area contributed by atoms with Crippen molar-refractivity contribution in [2.45, 2.75) is 16.7 Å². The summed E-state index contributed by atoms with van der Waals surface area (Å²) in [6, 6.07) is 15.8. The number of carbonyl (C=O) groups is 1. The zero-order valence-corrected chi connectivity index (χ0v) is 14.5. The molecule has 1 saturated heterocycles. The van der Waals surface area contributed by atoms with Gasteiger partial charge in [0.05, 0.1) is 5.02 Å². The van der Waals surface area contributed by atoms with Crippen molar-refractivity contribution in [3.05, 3.63) is 53.6 Å². The van der Waals surface area contributed by atoms with Gasteiger partial charge in [0.1, 0.15) is 0 Å². The van der Waals surface area contributed by atoms with E-state index in [2.05, 4.69) is 10.6 Å². The maximum atomic E-state index is 12.2. The first-order chi connectivity index (χ1) is 11.1. The molecule has 2 aromatic carbocycles. The first kappa shape index (κ1) is 16.4. The van der Waals surface area contributed by atoms with Crippen LogP contribution in [0.5, 0.6) is 0 Å². The van der Waals surface area contributed by atoms with Crippen molar-refractivity contribution in [2.24, 2.45) is 11.8 Å². The number of amides is 1. The van der Waals surface area contributed by atoms with Gasteiger partial charge in [0.15, 0.2) is 0 Å². The van der Waals surface area contributed by atoms with Gasteiger partial charge in [-0.2, -0.15) is 0 Å². The fourth-order valence-corrected chi connectivity index (χ4v) is 3.55. The molecule has 2 aromatic rings. The zero-order chi connectivity index (χ0) is 16.2. The smallest absolute Gasteiger partial charge is 0.227 e. The SMILES string of the molecule is CC(C(=O)Nc1ccc(Sc2ccccc2)c(Cl)c1)C1CNC1. The molecule has 3 nitrogen and oxygen atoms in total.